The summed E-state index contributed by atoms with van der Waals surface area (Å²) in [4.78, 5) is 18.5. The number of halogens is 2. The first-order valence-corrected chi connectivity index (χ1v) is 7.94. The van der Waals surface area contributed by atoms with Crippen LogP contribution in [-0.4, -0.2) is 68.1 Å². The van der Waals surface area contributed by atoms with E-state index in [1.54, 1.807) is 19.2 Å². The van der Waals surface area contributed by atoms with Crippen molar-refractivity contribution in [1.82, 2.24) is 14.8 Å². The molecule has 27 heavy (non-hydrogen) atoms. The Morgan fingerprint density at radius 2 is 1.89 bits per heavy atom. The van der Waals surface area contributed by atoms with E-state index in [0.717, 1.165) is 28.8 Å². The molecule has 4 N–H and O–H groups in total. The van der Waals surface area contributed by atoms with Crippen LogP contribution < -0.4 is 15.2 Å². The highest BCUT2D eigenvalue weighted by Crippen LogP contribution is 2.32. The van der Waals surface area contributed by atoms with E-state index in [0.29, 0.717) is 23.8 Å². The fourth-order valence-corrected chi connectivity index (χ4v) is 2.41. The van der Waals surface area contributed by atoms with E-state index in [4.69, 9.17) is 20.6 Å². The zero-order valence-corrected chi connectivity index (χ0v) is 17.5. The van der Waals surface area contributed by atoms with Gasteiger partial charge in [-0.2, -0.15) is 0 Å². The summed E-state index contributed by atoms with van der Waals surface area (Å²) in [7, 11) is 7.06. The molecule has 0 bridgehead atoms. The molecule has 2 aromatic rings. The SMILES string of the molecule is COc1cc(OCCCN(C)C)cc2[nH]c(C(=O)N(C)C(=N)N)cc12.Cl.Cl. The number of amides is 1. The molecule has 0 saturated heterocycles. The minimum Gasteiger partial charge on any atom is -0.496 e. The van der Waals surface area contributed by atoms with E-state index in [9.17, 15) is 4.79 Å². The third-order valence-electron chi connectivity index (χ3n) is 3.81. The van der Waals surface area contributed by atoms with Gasteiger partial charge in [-0.3, -0.25) is 15.1 Å². The van der Waals surface area contributed by atoms with Gasteiger partial charge in [0, 0.05) is 31.1 Å². The van der Waals surface area contributed by atoms with E-state index in [2.05, 4.69) is 9.88 Å². The summed E-state index contributed by atoms with van der Waals surface area (Å²) in [5.41, 5.74) is 6.42. The van der Waals surface area contributed by atoms with Crippen LogP contribution in [0.5, 0.6) is 11.5 Å². The van der Waals surface area contributed by atoms with E-state index >= 15 is 0 Å². The molecule has 0 radical (unpaired) electrons. The van der Waals surface area contributed by atoms with E-state index < -0.39 is 0 Å². The molecule has 1 aromatic heterocycles. The molecule has 1 aromatic carbocycles. The lowest BCUT2D eigenvalue weighted by Crippen LogP contribution is -2.38. The van der Waals surface area contributed by atoms with Gasteiger partial charge >= 0.3 is 0 Å². The number of carbonyl (C=O) groups is 1. The summed E-state index contributed by atoms with van der Waals surface area (Å²) in [6.45, 7) is 1.53. The molecule has 0 atom stereocenters. The fraction of sp³-hybridized carbons (Fsp3) is 0.412. The zero-order chi connectivity index (χ0) is 18.6. The summed E-state index contributed by atoms with van der Waals surface area (Å²) >= 11 is 0. The van der Waals surface area contributed by atoms with Crippen molar-refractivity contribution in [2.45, 2.75) is 6.42 Å². The van der Waals surface area contributed by atoms with Gasteiger partial charge in [0.15, 0.2) is 5.96 Å². The Balaban J connectivity index is 0.00000338. The van der Waals surface area contributed by atoms with E-state index in [1.165, 1.54) is 7.05 Å². The summed E-state index contributed by atoms with van der Waals surface area (Å²) in [6, 6.07) is 5.32. The Kier molecular flexibility index (Phi) is 9.99. The second-order valence-corrected chi connectivity index (χ2v) is 6.02. The van der Waals surface area contributed by atoms with E-state index in [-0.39, 0.29) is 36.7 Å². The van der Waals surface area contributed by atoms with Crippen molar-refractivity contribution in [2.24, 2.45) is 5.73 Å². The molecule has 1 amide bonds. The quantitative estimate of drug-likeness (QED) is 0.362. The normalized spacial score (nSPS) is 10.1. The molecular weight excluding hydrogens is 393 g/mol. The first-order chi connectivity index (χ1) is 11.8. The largest absolute Gasteiger partial charge is 0.496 e. The molecule has 0 aliphatic rings. The van der Waals surface area contributed by atoms with Crippen LogP contribution in [0.15, 0.2) is 18.2 Å². The highest BCUT2D eigenvalue weighted by molar-refractivity contribution is 6.06. The number of nitrogens with two attached hydrogens (primary N) is 1. The highest BCUT2D eigenvalue weighted by atomic mass is 35.5. The summed E-state index contributed by atoms with van der Waals surface area (Å²) in [5, 5.41) is 8.14. The van der Waals surface area contributed by atoms with Crippen molar-refractivity contribution >= 4 is 47.6 Å². The van der Waals surface area contributed by atoms with Gasteiger partial charge in [0.05, 0.1) is 19.2 Å². The Morgan fingerprint density at radius 3 is 2.44 bits per heavy atom. The number of ether oxygens (including phenoxy) is 2. The molecule has 0 saturated carbocycles. The molecular formula is C17H27Cl2N5O3. The van der Waals surface area contributed by atoms with Crippen LogP contribution in [-0.2, 0) is 0 Å². The Hall–Kier alpha value is -2.16. The number of H-pyrrole nitrogens is 1. The number of hydrogen-bond acceptors (Lipinski definition) is 5. The van der Waals surface area contributed by atoms with Crippen molar-refractivity contribution in [3.8, 4) is 11.5 Å². The second kappa shape index (κ2) is 10.9. The molecule has 8 nitrogen and oxygen atoms in total. The molecule has 0 aliphatic heterocycles. The van der Waals surface area contributed by atoms with Gasteiger partial charge in [0.2, 0.25) is 0 Å². The van der Waals surface area contributed by atoms with Crippen molar-refractivity contribution in [3.05, 3.63) is 23.9 Å². The summed E-state index contributed by atoms with van der Waals surface area (Å²) < 4.78 is 11.2. The lowest BCUT2D eigenvalue weighted by molar-refractivity contribution is 0.0864. The van der Waals surface area contributed by atoms with Crippen LogP contribution in [0.25, 0.3) is 10.9 Å². The zero-order valence-electron chi connectivity index (χ0n) is 15.9. The molecule has 10 heteroatoms. The number of hydrogen-bond donors (Lipinski definition) is 3. The molecule has 0 aliphatic carbocycles. The van der Waals surface area contributed by atoms with Gasteiger partial charge in [-0.25, -0.2) is 0 Å². The average Bonchev–Trinajstić information content (AvgIpc) is 3.00. The Morgan fingerprint density at radius 1 is 1.22 bits per heavy atom. The first-order valence-electron chi connectivity index (χ1n) is 7.94. The minimum absolute atomic E-state index is 0. The van der Waals surface area contributed by atoms with Gasteiger partial charge < -0.3 is 25.1 Å². The molecule has 0 fully saturated rings. The van der Waals surface area contributed by atoms with Crippen LogP contribution in [0.4, 0.5) is 0 Å². The highest BCUT2D eigenvalue weighted by Gasteiger charge is 2.18. The number of rotatable bonds is 7. The number of fused-ring (bicyclic) bond motifs is 1. The third-order valence-corrected chi connectivity index (χ3v) is 3.81. The number of benzene rings is 1. The maximum absolute atomic E-state index is 12.3. The average molecular weight is 420 g/mol. The molecule has 0 spiro atoms. The van der Waals surface area contributed by atoms with Gasteiger partial charge in [-0.15, -0.1) is 24.8 Å². The number of nitrogens with zero attached hydrogens (tertiary/aromatic N) is 2. The van der Waals surface area contributed by atoms with Gasteiger partial charge in [-0.1, -0.05) is 0 Å². The van der Waals surface area contributed by atoms with Crippen molar-refractivity contribution < 1.29 is 14.3 Å². The molecule has 152 valence electrons. The predicted molar refractivity (Wildman–Crippen MR) is 112 cm³/mol. The van der Waals surface area contributed by atoms with Crippen LogP contribution in [0, 0.1) is 5.41 Å². The topological polar surface area (TPSA) is 108 Å². The third kappa shape index (κ3) is 6.20. The van der Waals surface area contributed by atoms with Crippen molar-refractivity contribution in [1.29, 1.82) is 5.41 Å². The number of methoxy groups -OCH3 is 1. The molecule has 1 heterocycles. The minimum atomic E-state index is -0.390. The summed E-state index contributed by atoms with van der Waals surface area (Å²) in [5.74, 6) is 0.574. The van der Waals surface area contributed by atoms with Gasteiger partial charge in [-0.05, 0) is 26.6 Å². The van der Waals surface area contributed by atoms with Crippen LogP contribution in [0.2, 0.25) is 0 Å². The lowest BCUT2D eigenvalue weighted by Gasteiger charge is -2.12. The van der Waals surface area contributed by atoms with Crippen molar-refractivity contribution in [2.75, 3.05) is 41.4 Å². The smallest absolute Gasteiger partial charge is 0.276 e. The maximum atomic E-state index is 12.3. The molecule has 0 unspecified atom stereocenters. The van der Waals surface area contributed by atoms with Crippen LogP contribution in [0.1, 0.15) is 16.9 Å². The number of carbonyl (C=O) groups excluding carboxylic acids is 1. The Bertz CT molecular complexity index is 779. The fourth-order valence-electron chi connectivity index (χ4n) is 2.41. The van der Waals surface area contributed by atoms with Gasteiger partial charge in [0.1, 0.15) is 17.2 Å². The van der Waals surface area contributed by atoms with E-state index in [1.807, 2.05) is 20.2 Å². The molecule has 2 rings (SSSR count). The van der Waals surface area contributed by atoms with Crippen LogP contribution >= 0.6 is 24.8 Å². The first kappa shape index (κ1) is 24.8. The monoisotopic (exact) mass is 419 g/mol. The predicted octanol–water partition coefficient (Wildman–Crippen LogP) is 2.32. The Labute approximate surface area is 171 Å². The second-order valence-electron chi connectivity index (χ2n) is 6.02. The number of guanidine groups is 1. The lowest BCUT2D eigenvalue weighted by atomic mass is 10.2. The van der Waals surface area contributed by atoms with Crippen molar-refractivity contribution in [3.63, 3.8) is 0 Å². The van der Waals surface area contributed by atoms with Crippen LogP contribution in [0.3, 0.4) is 0 Å². The van der Waals surface area contributed by atoms with Gasteiger partial charge in [0.25, 0.3) is 5.91 Å². The number of aromatic amines is 1. The maximum Gasteiger partial charge on any atom is 0.276 e. The standard InChI is InChI=1S/C17H25N5O3.2ClH/c1-21(2)6-5-7-25-11-8-13-12(15(9-11)24-4)10-14(20-13)16(23)22(3)17(18)19;;/h8-10,20H,5-7H2,1-4H3,(H3,18,19);2*1H. The summed E-state index contributed by atoms with van der Waals surface area (Å²) in [6.07, 6.45) is 0.908. The number of aromatic nitrogens is 1. The number of nitrogens with one attached hydrogen (secondary N) is 2.